The van der Waals surface area contributed by atoms with Gasteiger partial charge < -0.3 is 10.2 Å². The maximum absolute atomic E-state index is 13.0. The number of carbonyl (C=O) groups is 2. The summed E-state index contributed by atoms with van der Waals surface area (Å²) >= 11 is 0. The maximum Gasteiger partial charge on any atom is 0.243 e. The molecule has 0 radical (unpaired) electrons. The summed E-state index contributed by atoms with van der Waals surface area (Å²) in [4.78, 5) is 29.2. The topological polar surface area (TPSA) is 93.0 Å². The van der Waals surface area contributed by atoms with Crippen LogP contribution in [0.5, 0.6) is 0 Å². The lowest BCUT2D eigenvalue weighted by molar-refractivity contribution is -0.143. The Hall–Kier alpha value is -2.77. The number of tetrazole rings is 1. The zero-order valence-electron chi connectivity index (χ0n) is 17.8. The van der Waals surface area contributed by atoms with Crippen LogP contribution in [-0.4, -0.2) is 55.5 Å². The van der Waals surface area contributed by atoms with Crippen molar-refractivity contribution in [1.82, 2.24) is 30.4 Å². The van der Waals surface area contributed by atoms with E-state index in [-0.39, 0.29) is 35.9 Å². The van der Waals surface area contributed by atoms with E-state index < -0.39 is 0 Å². The van der Waals surface area contributed by atoms with Gasteiger partial charge in [0.05, 0.1) is 6.04 Å². The fourth-order valence-corrected chi connectivity index (χ4v) is 4.86. The zero-order chi connectivity index (χ0) is 21.2. The minimum atomic E-state index is -0.287. The van der Waals surface area contributed by atoms with Crippen molar-refractivity contribution in [2.24, 2.45) is 5.92 Å². The highest BCUT2D eigenvalue weighted by Gasteiger charge is 2.40. The molecule has 2 aromatic rings. The molecule has 1 saturated heterocycles. The van der Waals surface area contributed by atoms with Gasteiger partial charge in [-0.25, -0.2) is 0 Å². The molecule has 8 heteroatoms. The zero-order valence-corrected chi connectivity index (χ0v) is 17.8. The van der Waals surface area contributed by atoms with Gasteiger partial charge in [-0.1, -0.05) is 30.3 Å². The highest BCUT2D eigenvalue weighted by Crippen LogP contribution is 2.34. The number of likely N-dealkylation sites (tertiary alicyclic amines) is 1. The molecule has 3 aliphatic rings. The van der Waals surface area contributed by atoms with Gasteiger partial charge in [-0.05, 0) is 63.0 Å². The largest absolute Gasteiger partial charge is 0.352 e. The molecule has 1 aromatic carbocycles. The number of hydrogen-bond donors (Lipinski definition) is 1. The van der Waals surface area contributed by atoms with Crippen LogP contribution in [0.25, 0.3) is 11.4 Å². The van der Waals surface area contributed by atoms with Gasteiger partial charge in [-0.3, -0.25) is 9.59 Å². The maximum atomic E-state index is 13.0. The summed E-state index contributed by atoms with van der Waals surface area (Å²) in [6.45, 7) is 0.724. The summed E-state index contributed by atoms with van der Waals surface area (Å²) in [5, 5.41) is 16.3. The summed E-state index contributed by atoms with van der Waals surface area (Å²) in [6, 6.07) is 9.95. The lowest BCUT2D eigenvalue weighted by Crippen LogP contribution is -2.54. The first-order valence-corrected chi connectivity index (χ1v) is 11.6. The lowest BCUT2D eigenvalue weighted by Gasteiger charge is -2.36. The van der Waals surface area contributed by atoms with Gasteiger partial charge in [0.1, 0.15) is 6.04 Å². The van der Waals surface area contributed by atoms with Crippen molar-refractivity contribution < 1.29 is 9.59 Å². The highest BCUT2D eigenvalue weighted by molar-refractivity contribution is 5.89. The van der Waals surface area contributed by atoms with E-state index in [9.17, 15) is 9.59 Å². The molecular weight excluding hydrogens is 392 g/mol. The van der Waals surface area contributed by atoms with Gasteiger partial charge >= 0.3 is 0 Å². The van der Waals surface area contributed by atoms with Crippen molar-refractivity contribution in [2.45, 2.75) is 75.9 Å². The lowest BCUT2D eigenvalue weighted by atomic mass is 9.91. The average molecular weight is 423 g/mol. The second-order valence-electron chi connectivity index (χ2n) is 9.13. The molecule has 2 aliphatic carbocycles. The Bertz CT molecular complexity index is 917. The number of nitrogens with zero attached hydrogens (tertiary/aromatic N) is 5. The van der Waals surface area contributed by atoms with Crippen molar-refractivity contribution in [1.29, 1.82) is 0 Å². The summed E-state index contributed by atoms with van der Waals surface area (Å²) in [6.07, 6.45) is 8.36. The van der Waals surface area contributed by atoms with Crippen molar-refractivity contribution >= 4 is 11.8 Å². The van der Waals surface area contributed by atoms with Crippen molar-refractivity contribution in [3.05, 3.63) is 30.3 Å². The van der Waals surface area contributed by atoms with Crippen LogP contribution in [0.3, 0.4) is 0 Å². The Morgan fingerprint density at radius 3 is 2.45 bits per heavy atom. The van der Waals surface area contributed by atoms with Crippen molar-refractivity contribution in [3.63, 3.8) is 0 Å². The summed E-state index contributed by atoms with van der Waals surface area (Å²) in [7, 11) is 0. The van der Waals surface area contributed by atoms with E-state index in [4.69, 9.17) is 0 Å². The van der Waals surface area contributed by atoms with Gasteiger partial charge in [0.25, 0.3) is 0 Å². The number of rotatable bonds is 5. The molecule has 3 fully saturated rings. The van der Waals surface area contributed by atoms with E-state index >= 15 is 0 Å². The first kappa shape index (κ1) is 20.2. The number of hydrogen-bond acceptors (Lipinski definition) is 5. The van der Waals surface area contributed by atoms with E-state index in [0.717, 1.165) is 69.9 Å². The molecule has 5 rings (SSSR count). The predicted octanol–water partition coefficient (Wildman–Crippen LogP) is 2.73. The van der Waals surface area contributed by atoms with Gasteiger partial charge in [-0.15, -0.1) is 10.2 Å². The third-order valence-electron chi connectivity index (χ3n) is 6.85. The number of benzene rings is 1. The van der Waals surface area contributed by atoms with Crippen LogP contribution in [-0.2, 0) is 9.59 Å². The highest BCUT2D eigenvalue weighted by atomic mass is 16.2. The van der Waals surface area contributed by atoms with Gasteiger partial charge in [-0.2, -0.15) is 4.80 Å². The first-order valence-electron chi connectivity index (χ1n) is 11.6. The minimum absolute atomic E-state index is 0.0300. The summed E-state index contributed by atoms with van der Waals surface area (Å²) in [5.41, 5.74) is 0.965. The molecule has 2 saturated carbocycles. The Kier molecular flexibility index (Phi) is 5.70. The molecule has 1 N–H and O–H groups in total. The molecule has 1 atom stereocenters. The number of piperidine rings is 1. The van der Waals surface area contributed by atoms with Gasteiger partial charge in [0.2, 0.25) is 17.6 Å². The Morgan fingerprint density at radius 1 is 0.935 bits per heavy atom. The molecule has 2 amide bonds. The van der Waals surface area contributed by atoms with Crippen LogP contribution in [0.2, 0.25) is 0 Å². The fraction of sp³-hybridized carbons (Fsp3) is 0.609. The number of nitrogens with one attached hydrogen (secondary N) is 1. The Morgan fingerprint density at radius 2 is 1.71 bits per heavy atom. The van der Waals surface area contributed by atoms with E-state index in [1.54, 1.807) is 4.80 Å². The molecule has 1 unspecified atom stereocenters. The monoisotopic (exact) mass is 422 g/mol. The Labute approximate surface area is 182 Å². The normalized spacial score (nSPS) is 26.5. The molecule has 0 spiro atoms. The molecule has 31 heavy (non-hydrogen) atoms. The van der Waals surface area contributed by atoms with Crippen LogP contribution in [0.15, 0.2) is 30.3 Å². The van der Waals surface area contributed by atoms with Gasteiger partial charge in [0, 0.05) is 24.1 Å². The van der Waals surface area contributed by atoms with E-state index in [1.807, 2.05) is 35.2 Å². The van der Waals surface area contributed by atoms with Crippen molar-refractivity contribution in [2.75, 3.05) is 6.54 Å². The number of carbonyl (C=O) groups excluding carboxylic acids is 2. The molecule has 0 bridgehead atoms. The number of aromatic nitrogens is 4. The third-order valence-corrected chi connectivity index (χ3v) is 6.85. The smallest absolute Gasteiger partial charge is 0.243 e. The third kappa shape index (κ3) is 4.48. The first-order chi connectivity index (χ1) is 15.2. The fourth-order valence-electron chi connectivity index (χ4n) is 4.86. The second kappa shape index (κ2) is 8.77. The van der Waals surface area contributed by atoms with E-state index in [2.05, 4.69) is 20.7 Å². The van der Waals surface area contributed by atoms with E-state index in [0.29, 0.717) is 5.82 Å². The van der Waals surface area contributed by atoms with Crippen LogP contribution in [0.1, 0.15) is 63.8 Å². The van der Waals surface area contributed by atoms with E-state index in [1.165, 1.54) is 0 Å². The molecule has 164 valence electrons. The molecular formula is C23H30N6O2. The van der Waals surface area contributed by atoms with Crippen LogP contribution >= 0.6 is 0 Å². The molecule has 2 heterocycles. The molecule has 1 aromatic heterocycles. The predicted molar refractivity (Wildman–Crippen MR) is 115 cm³/mol. The van der Waals surface area contributed by atoms with Gasteiger partial charge in [0.15, 0.2) is 0 Å². The minimum Gasteiger partial charge on any atom is -0.352 e. The summed E-state index contributed by atoms with van der Waals surface area (Å²) < 4.78 is 0. The van der Waals surface area contributed by atoms with Crippen LogP contribution in [0.4, 0.5) is 0 Å². The SMILES string of the molecule is O=C(NC1CCC(n2nnc(-c3ccccc3)n2)CC1)C1CCCCN1C(=O)C1CC1. The van der Waals surface area contributed by atoms with Crippen LogP contribution < -0.4 is 5.32 Å². The standard InChI is InChI=1S/C23H30N6O2/c30-22(20-8-4-5-15-28(20)23(31)17-9-10-17)24-18-11-13-19(14-12-18)29-26-21(25-27-29)16-6-2-1-3-7-16/h1-3,6-7,17-20H,4-5,8-15H2,(H,24,30). The summed E-state index contributed by atoms with van der Waals surface area (Å²) in [5.74, 6) is 1.03. The average Bonchev–Trinajstić information content (AvgIpc) is 3.56. The molecule has 8 nitrogen and oxygen atoms in total. The molecule has 1 aliphatic heterocycles. The number of amides is 2. The van der Waals surface area contributed by atoms with Crippen LogP contribution in [0, 0.1) is 5.92 Å². The Balaban J connectivity index is 1.15. The quantitative estimate of drug-likeness (QED) is 0.800. The van der Waals surface area contributed by atoms with Crippen molar-refractivity contribution in [3.8, 4) is 11.4 Å². The second-order valence-corrected chi connectivity index (χ2v) is 9.13.